The quantitative estimate of drug-likeness (QED) is 0.612. The van der Waals surface area contributed by atoms with Crippen molar-refractivity contribution in [1.29, 1.82) is 0 Å². The average molecular weight is 280 g/mol. The van der Waals surface area contributed by atoms with Gasteiger partial charge < -0.3 is 10.4 Å². The van der Waals surface area contributed by atoms with Crippen molar-refractivity contribution >= 4 is 11.6 Å². The molecule has 0 saturated heterocycles. The lowest BCUT2D eigenvalue weighted by Crippen LogP contribution is -2.23. The number of hydrogen-bond acceptors (Lipinski definition) is 2. The fourth-order valence-electron chi connectivity index (χ4n) is 2.47. The van der Waals surface area contributed by atoms with Gasteiger partial charge in [0.1, 0.15) is 0 Å². The number of halogens is 1. The highest BCUT2D eigenvalue weighted by Crippen LogP contribution is 2.22. The van der Waals surface area contributed by atoms with E-state index in [4.69, 9.17) is 11.6 Å². The topological polar surface area (TPSA) is 32.3 Å². The molecule has 2 nitrogen and oxygen atoms in total. The summed E-state index contributed by atoms with van der Waals surface area (Å²) in [7, 11) is 0. The maximum absolute atomic E-state index is 10.1. The maximum atomic E-state index is 10.1. The van der Waals surface area contributed by atoms with Crippen LogP contribution in [0, 0.1) is 0 Å². The van der Waals surface area contributed by atoms with E-state index in [1.54, 1.807) is 5.57 Å². The summed E-state index contributed by atoms with van der Waals surface area (Å²) in [6, 6.07) is 7.46. The van der Waals surface area contributed by atoms with Gasteiger partial charge in [0.05, 0.1) is 6.10 Å². The summed E-state index contributed by atoms with van der Waals surface area (Å²) < 4.78 is 0. The Bertz CT molecular complexity index is 431. The van der Waals surface area contributed by atoms with Gasteiger partial charge in [0, 0.05) is 17.1 Å². The van der Waals surface area contributed by atoms with Crippen molar-refractivity contribution in [1.82, 2.24) is 5.32 Å². The molecule has 0 bridgehead atoms. The van der Waals surface area contributed by atoms with Gasteiger partial charge in [0.2, 0.25) is 0 Å². The Balaban J connectivity index is 1.71. The van der Waals surface area contributed by atoms with Crippen molar-refractivity contribution in [3.63, 3.8) is 0 Å². The average Bonchev–Trinajstić information content (AvgIpc) is 2.45. The van der Waals surface area contributed by atoms with Gasteiger partial charge in [0.25, 0.3) is 0 Å². The predicted octanol–water partition coefficient (Wildman–Crippen LogP) is 3.85. The van der Waals surface area contributed by atoms with E-state index in [1.807, 2.05) is 24.3 Å². The zero-order valence-electron chi connectivity index (χ0n) is 11.2. The second kappa shape index (κ2) is 7.68. The number of hydrogen-bond donors (Lipinski definition) is 2. The van der Waals surface area contributed by atoms with E-state index >= 15 is 0 Å². The van der Waals surface area contributed by atoms with E-state index in [9.17, 15) is 5.11 Å². The molecule has 0 fully saturated rings. The molecule has 0 aliphatic heterocycles. The third kappa shape index (κ3) is 4.64. The second-order valence-corrected chi connectivity index (χ2v) is 5.51. The molecule has 2 N–H and O–H groups in total. The normalized spacial score (nSPS) is 17.1. The Morgan fingerprint density at radius 3 is 2.84 bits per heavy atom. The summed E-state index contributed by atoms with van der Waals surface area (Å²) in [5.41, 5.74) is 2.36. The van der Waals surface area contributed by atoms with E-state index in [0.29, 0.717) is 11.6 Å². The molecule has 0 heterocycles. The van der Waals surface area contributed by atoms with Crippen LogP contribution in [0.2, 0.25) is 5.02 Å². The third-order valence-electron chi connectivity index (χ3n) is 3.61. The van der Waals surface area contributed by atoms with Crippen molar-refractivity contribution in [2.75, 3.05) is 13.1 Å². The molecule has 19 heavy (non-hydrogen) atoms. The van der Waals surface area contributed by atoms with E-state index in [0.717, 1.165) is 18.5 Å². The lowest BCUT2D eigenvalue weighted by molar-refractivity contribution is 0.175. The number of aliphatic hydroxyl groups is 1. The molecule has 0 amide bonds. The molecular weight excluding hydrogens is 258 g/mol. The van der Waals surface area contributed by atoms with Crippen LogP contribution in [-0.4, -0.2) is 18.2 Å². The molecule has 1 aromatic carbocycles. The molecule has 0 spiro atoms. The smallest absolute Gasteiger partial charge is 0.0928 e. The van der Waals surface area contributed by atoms with Crippen LogP contribution in [0.1, 0.15) is 43.8 Å². The highest BCUT2D eigenvalue weighted by molar-refractivity contribution is 6.31. The van der Waals surface area contributed by atoms with E-state index in [-0.39, 0.29) is 0 Å². The summed E-state index contributed by atoms with van der Waals surface area (Å²) in [4.78, 5) is 0. The molecule has 1 unspecified atom stereocenters. The van der Waals surface area contributed by atoms with Crippen LogP contribution < -0.4 is 5.32 Å². The molecule has 2 rings (SSSR count). The van der Waals surface area contributed by atoms with E-state index < -0.39 is 6.10 Å². The molecule has 1 atom stereocenters. The SMILES string of the molecule is OC(CNCCC1=CCCCC1)c1ccccc1Cl. The van der Waals surface area contributed by atoms with E-state index in [2.05, 4.69) is 11.4 Å². The van der Waals surface area contributed by atoms with Crippen molar-refractivity contribution in [3.8, 4) is 0 Å². The van der Waals surface area contributed by atoms with Gasteiger partial charge in [-0.3, -0.25) is 0 Å². The van der Waals surface area contributed by atoms with Crippen LogP contribution in [0.4, 0.5) is 0 Å². The Labute approximate surface area is 120 Å². The van der Waals surface area contributed by atoms with Crippen molar-refractivity contribution in [2.45, 2.75) is 38.2 Å². The highest BCUT2D eigenvalue weighted by atomic mass is 35.5. The molecule has 3 heteroatoms. The van der Waals surface area contributed by atoms with Gasteiger partial charge in [-0.25, -0.2) is 0 Å². The molecule has 104 valence electrons. The number of rotatable bonds is 6. The maximum Gasteiger partial charge on any atom is 0.0928 e. The summed E-state index contributed by atoms with van der Waals surface area (Å²) in [6.07, 6.45) is 8.07. The summed E-state index contributed by atoms with van der Waals surface area (Å²) in [5.74, 6) is 0. The van der Waals surface area contributed by atoms with Crippen LogP contribution in [0.5, 0.6) is 0 Å². The number of aliphatic hydroxyl groups excluding tert-OH is 1. The molecule has 0 saturated carbocycles. The first-order chi connectivity index (χ1) is 9.27. The minimum atomic E-state index is -0.533. The van der Waals surface area contributed by atoms with Gasteiger partial charge in [-0.2, -0.15) is 0 Å². The minimum absolute atomic E-state index is 0.533. The first kappa shape index (κ1) is 14.6. The van der Waals surface area contributed by atoms with Crippen LogP contribution >= 0.6 is 11.6 Å². The number of benzene rings is 1. The monoisotopic (exact) mass is 279 g/mol. The second-order valence-electron chi connectivity index (χ2n) is 5.10. The van der Waals surface area contributed by atoms with Crippen LogP contribution in [0.3, 0.4) is 0 Å². The van der Waals surface area contributed by atoms with Gasteiger partial charge in [0.15, 0.2) is 0 Å². The molecule has 1 aliphatic rings. The first-order valence-corrected chi connectivity index (χ1v) is 7.46. The van der Waals surface area contributed by atoms with Crippen LogP contribution in [0.25, 0.3) is 0 Å². The van der Waals surface area contributed by atoms with Gasteiger partial charge >= 0.3 is 0 Å². The lowest BCUT2D eigenvalue weighted by Gasteiger charge is -2.15. The number of nitrogens with one attached hydrogen (secondary N) is 1. The van der Waals surface area contributed by atoms with Gasteiger partial charge in [-0.1, -0.05) is 41.4 Å². The van der Waals surface area contributed by atoms with Crippen molar-refractivity contribution < 1.29 is 5.11 Å². The Kier molecular flexibility index (Phi) is 5.90. The molecule has 0 aromatic heterocycles. The predicted molar refractivity (Wildman–Crippen MR) is 80.4 cm³/mol. The largest absolute Gasteiger partial charge is 0.387 e. The van der Waals surface area contributed by atoms with Crippen LogP contribution in [0.15, 0.2) is 35.9 Å². The standard InChI is InChI=1S/C16H22ClNO/c17-15-9-5-4-8-14(15)16(19)12-18-11-10-13-6-2-1-3-7-13/h4-6,8-9,16,18-19H,1-3,7,10-12H2. The molecule has 1 aromatic rings. The fourth-order valence-corrected chi connectivity index (χ4v) is 2.74. The summed E-state index contributed by atoms with van der Waals surface area (Å²) >= 11 is 6.06. The Hall–Kier alpha value is -0.830. The third-order valence-corrected chi connectivity index (χ3v) is 3.95. The lowest BCUT2D eigenvalue weighted by atomic mass is 9.97. The first-order valence-electron chi connectivity index (χ1n) is 7.08. The zero-order valence-corrected chi connectivity index (χ0v) is 12.0. The zero-order chi connectivity index (χ0) is 13.5. The molecule has 0 radical (unpaired) electrons. The summed E-state index contributed by atoms with van der Waals surface area (Å²) in [6.45, 7) is 1.48. The molecular formula is C16H22ClNO. The van der Waals surface area contributed by atoms with Crippen molar-refractivity contribution in [2.24, 2.45) is 0 Å². The minimum Gasteiger partial charge on any atom is -0.387 e. The van der Waals surface area contributed by atoms with Gasteiger partial charge in [-0.05, 0) is 44.7 Å². The highest BCUT2D eigenvalue weighted by Gasteiger charge is 2.10. The summed E-state index contributed by atoms with van der Waals surface area (Å²) in [5, 5.41) is 14.0. The van der Waals surface area contributed by atoms with Crippen molar-refractivity contribution in [3.05, 3.63) is 46.5 Å². The van der Waals surface area contributed by atoms with Crippen LogP contribution in [-0.2, 0) is 0 Å². The Morgan fingerprint density at radius 1 is 1.26 bits per heavy atom. The number of allylic oxidation sites excluding steroid dienone is 1. The fraction of sp³-hybridized carbons (Fsp3) is 0.500. The Morgan fingerprint density at radius 2 is 2.11 bits per heavy atom. The van der Waals surface area contributed by atoms with E-state index in [1.165, 1.54) is 25.7 Å². The van der Waals surface area contributed by atoms with Gasteiger partial charge in [-0.15, -0.1) is 0 Å². The molecule has 1 aliphatic carbocycles.